The molecule has 8 heteroatoms. The molecule has 7 nitrogen and oxygen atoms in total. The average Bonchev–Trinajstić information content (AvgIpc) is 3.32. The highest BCUT2D eigenvalue weighted by Crippen LogP contribution is 2.28. The Hall–Kier alpha value is -3.91. The van der Waals surface area contributed by atoms with Crippen LogP contribution in [0.1, 0.15) is 24.4 Å². The average molecular weight is 468 g/mol. The van der Waals surface area contributed by atoms with Crippen LogP contribution in [-0.4, -0.2) is 39.0 Å². The van der Waals surface area contributed by atoms with Crippen LogP contribution in [0, 0.1) is 6.92 Å². The van der Waals surface area contributed by atoms with Crippen LogP contribution >= 0.6 is 11.3 Å². The van der Waals surface area contributed by atoms with Gasteiger partial charge in [-0.1, -0.05) is 24.3 Å². The summed E-state index contributed by atoms with van der Waals surface area (Å²) in [6.07, 6.45) is 3.72. The molecular weight excluding hydrogens is 442 g/mol. The van der Waals surface area contributed by atoms with E-state index in [0.29, 0.717) is 5.95 Å². The van der Waals surface area contributed by atoms with E-state index in [-0.39, 0.29) is 6.04 Å². The fraction of sp³-hybridized carbons (Fsp3) is 0.192. The van der Waals surface area contributed by atoms with Gasteiger partial charge in [0, 0.05) is 49.7 Å². The van der Waals surface area contributed by atoms with E-state index >= 15 is 0 Å². The van der Waals surface area contributed by atoms with Crippen LogP contribution in [0.25, 0.3) is 32.6 Å². The highest BCUT2D eigenvalue weighted by molar-refractivity contribution is 7.16. The van der Waals surface area contributed by atoms with Gasteiger partial charge in [-0.25, -0.2) is 24.9 Å². The zero-order chi connectivity index (χ0) is 23.7. The summed E-state index contributed by atoms with van der Waals surface area (Å²) in [5, 5.41) is 3.55. The first-order valence-corrected chi connectivity index (χ1v) is 11.9. The third kappa shape index (κ3) is 4.58. The Bertz CT molecular complexity index is 1440. The highest BCUT2D eigenvalue weighted by atomic mass is 32.1. The van der Waals surface area contributed by atoms with Crippen molar-refractivity contribution >= 4 is 33.3 Å². The third-order valence-corrected chi connectivity index (χ3v) is 6.38. The minimum atomic E-state index is 0.0491. The summed E-state index contributed by atoms with van der Waals surface area (Å²) in [6.45, 7) is 4.05. The number of anilines is 2. The maximum atomic E-state index is 4.66. The van der Waals surface area contributed by atoms with Crippen LogP contribution in [0.4, 0.5) is 11.8 Å². The summed E-state index contributed by atoms with van der Waals surface area (Å²) in [4.78, 5) is 24.4. The van der Waals surface area contributed by atoms with Crippen LogP contribution < -0.4 is 10.2 Å². The number of nitrogens with zero attached hydrogens (tertiary/aromatic N) is 6. The number of benzene rings is 2. The quantitative estimate of drug-likeness (QED) is 0.340. The van der Waals surface area contributed by atoms with Crippen molar-refractivity contribution in [3.63, 3.8) is 0 Å². The van der Waals surface area contributed by atoms with E-state index in [1.54, 1.807) is 11.3 Å². The molecule has 170 valence electrons. The summed E-state index contributed by atoms with van der Waals surface area (Å²) in [7, 11) is 3.86. The summed E-state index contributed by atoms with van der Waals surface area (Å²) >= 11 is 1.63. The molecule has 1 atom stereocenters. The summed E-state index contributed by atoms with van der Waals surface area (Å²) in [6, 6.07) is 16.7. The van der Waals surface area contributed by atoms with Crippen molar-refractivity contribution in [2.24, 2.45) is 0 Å². The van der Waals surface area contributed by atoms with Gasteiger partial charge in [0.15, 0.2) is 0 Å². The molecule has 5 aromatic rings. The molecule has 0 amide bonds. The SMILES string of the molecule is Cc1nc(N[C@@H](C)c2cccc(-c3cnc(N(C)C)nc3)c2)cc(-c2ccc3ncsc3c2)n1. The van der Waals surface area contributed by atoms with Crippen LogP contribution in [0.3, 0.4) is 0 Å². The van der Waals surface area contributed by atoms with Crippen molar-refractivity contribution < 1.29 is 0 Å². The maximum absolute atomic E-state index is 4.66. The molecule has 5 rings (SSSR count). The molecule has 0 aliphatic heterocycles. The van der Waals surface area contributed by atoms with Crippen LogP contribution in [0.5, 0.6) is 0 Å². The molecule has 1 N–H and O–H groups in total. The molecular formula is C26H25N7S. The predicted molar refractivity (Wildman–Crippen MR) is 139 cm³/mol. The lowest BCUT2D eigenvalue weighted by Gasteiger charge is -2.17. The zero-order valence-corrected chi connectivity index (χ0v) is 20.3. The molecule has 0 spiro atoms. The molecule has 34 heavy (non-hydrogen) atoms. The van der Waals surface area contributed by atoms with Crippen molar-refractivity contribution in [1.29, 1.82) is 0 Å². The van der Waals surface area contributed by atoms with Gasteiger partial charge in [-0.15, -0.1) is 11.3 Å². The van der Waals surface area contributed by atoms with Gasteiger partial charge in [0.25, 0.3) is 0 Å². The number of hydrogen-bond acceptors (Lipinski definition) is 8. The number of thiazole rings is 1. The number of rotatable bonds is 6. The van der Waals surface area contributed by atoms with E-state index in [2.05, 4.69) is 73.6 Å². The van der Waals surface area contributed by atoms with Crippen molar-refractivity contribution in [2.75, 3.05) is 24.3 Å². The summed E-state index contributed by atoms with van der Waals surface area (Å²) < 4.78 is 1.15. The number of nitrogens with one attached hydrogen (secondary N) is 1. The number of fused-ring (bicyclic) bond motifs is 1. The Labute approximate surface area is 202 Å². The van der Waals surface area contributed by atoms with Crippen molar-refractivity contribution in [3.05, 3.63) is 77.8 Å². The third-order valence-electron chi connectivity index (χ3n) is 5.59. The second kappa shape index (κ2) is 9.15. The van der Waals surface area contributed by atoms with Crippen molar-refractivity contribution in [3.8, 4) is 22.4 Å². The molecule has 2 aromatic carbocycles. The van der Waals surface area contributed by atoms with Crippen molar-refractivity contribution in [1.82, 2.24) is 24.9 Å². The fourth-order valence-electron chi connectivity index (χ4n) is 3.80. The second-order valence-corrected chi connectivity index (χ2v) is 9.26. The highest BCUT2D eigenvalue weighted by Gasteiger charge is 2.12. The first kappa shape index (κ1) is 21.9. The smallest absolute Gasteiger partial charge is 0.224 e. The van der Waals surface area contributed by atoms with E-state index in [0.717, 1.165) is 49.8 Å². The van der Waals surface area contributed by atoms with Gasteiger partial charge < -0.3 is 10.2 Å². The van der Waals surface area contributed by atoms with Gasteiger partial charge in [-0.2, -0.15) is 0 Å². The normalized spacial score (nSPS) is 12.0. The topological polar surface area (TPSA) is 79.7 Å². The van der Waals surface area contributed by atoms with Gasteiger partial charge in [-0.3, -0.25) is 0 Å². The lowest BCUT2D eigenvalue weighted by Crippen LogP contribution is -2.12. The standard InChI is InChI=1S/C26H25N7S/c1-16(18-6-5-7-19(10-18)21-13-27-26(28-14-21)33(3)4)30-25-12-23(31-17(2)32-25)20-8-9-22-24(11-20)34-15-29-22/h5-16H,1-4H3,(H,30,31,32)/t16-/m0/s1. The van der Waals surface area contributed by atoms with Crippen LogP contribution in [0.2, 0.25) is 0 Å². The van der Waals surface area contributed by atoms with Gasteiger partial charge in [0.05, 0.1) is 21.4 Å². The minimum Gasteiger partial charge on any atom is -0.363 e. The number of hydrogen-bond donors (Lipinski definition) is 1. The minimum absolute atomic E-state index is 0.0491. The summed E-state index contributed by atoms with van der Waals surface area (Å²) in [5.41, 5.74) is 8.04. The first-order valence-electron chi connectivity index (χ1n) is 11.0. The molecule has 0 saturated carbocycles. The van der Waals surface area contributed by atoms with E-state index in [1.165, 1.54) is 0 Å². The van der Waals surface area contributed by atoms with Crippen LogP contribution in [0.15, 0.2) is 66.4 Å². The fourth-order valence-corrected chi connectivity index (χ4v) is 4.51. The van der Waals surface area contributed by atoms with Gasteiger partial charge in [0.2, 0.25) is 5.95 Å². The summed E-state index contributed by atoms with van der Waals surface area (Å²) in [5.74, 6) is 2.21. The Morgan fingerprint density at radius 2 is 1.71 bits per heavy atom. The molecule has 0 fully saturated rings. The van der Waals surface area contributed by atoms with E-state index in [1.807, 2.05) is 56.0 Å². The van der Waals surface area contributed by atoms with E-state index < -0.39 is 0 Å². The molecule has 0 aliphatic rings. The van der Waals surface area contributed by atoms with E-state index in [9.17, 15) is 0 Å². The molecule has 3 heterocycles. The second-order valence-electron chi connectivity index (χ2n) is 8.38. The first-order chi connectivity index (χ1) is 16.5. The lowest BCUT2D eigenvalue weighted by molar-refractivity contribution is 0.868. The maximum Gasteiger partial charge on any atom is 0.224 e. The largest absolute Gasteiger partial charge is 0.363 e. The molecule has 0 radical (unpaired) electrons. The zero-order valence-electron chi connectivity index (χ0n) is 19.5. The Morgan fingerprint density at radius 3 is 2.50 bits per heavy atom. The van der Waals surface area contributed by atoms with Gasteiger partial charge in [-0.05, 0) is 43.2 Å². The molecule has 0 saturated heterocycles. The van der Waals surface area contributed by atoms with Gasteiger partial charge >= 0.3 is 0 Å². The molecule has 0 aliphatic carbocycles. The molecule has 0 bridgehead atoms. The Balaban J connectivity index is 1.39. The number of aromatic nitrogens is 5. The molecule has 3 aromatic heterocycles. The van der Waals surface area contributed by atoms with Crippen LogP contribution in [-0.2, 0) is 0 Å². The number of aryl methyl sites for hydroxylation is 1. The Morgan fingerprint density at radius 1 is 0.882 bits per heavy atom. The van der Waals surface area contributed by atoms with Crippen molar-refractivity contribution in [2.45, 2.75) is 19.9 Å². The predicted octanol–water partition coefficient (Wildman–Crippen LogP) is 5.76. The monoisotopic (exact) mass is 467 g/mol. The molecule has 0 unspecified atom stereocenters. The van der Waals surface area contributed by atoms with Gasteiger partial charge in [0.1, 0.15) is 11.6 Å². The van der Waals surface area contributed by atoms with E-state index in [4.69, 9.17) is 0 Å². The lowest BCUT2D eigenvalue weighted by atomic mass is 10.0. The Kier molecular flexibility index (Phi) is 5.90.